The molecule has 2 aliphatic rings. The van der Waals surface area contributed by atoms with E-state index in [9.17, 15) is 4.79 Å². The first-order valence-electron chi connectivity index (χ1n) is 8.56. The second-order valence-corrected chi connectivity index (χ2v) is 7.59. The molecule has 2 saturated heterocycles. The summed E-state index contributed by atoms with van der Waals surface area (Å²) in [6.07, 6.45) is 1.05. The summed E-state index contributed by atoms with van der Waals surface area (Å²) in [7, 11) is 0. The van der Waals surface area contributed by atoms with Crippen molar-refractivity contribution in [2.24, 2.45) is 0 Å². The summed E-state index contributed by atoms with van der Waals surface area (Å²) in [5.74, 6) is 0.515. The molecule has 2 fully saturated rings. The standard InChI is InChI=1S/C18H22BrN3O2.ClH/c1-12-15-10-13(19)2-3-16(15)24-17(12)18(23)22-7-4-14(11-22)21-8-5-20-6-9-21;/h2-3,10,14,20H,4-9,11H2,1H3;1H. The van der Waals surface area contributed by atoms with Gasteiger partial charge in [-0.15, -0.1) is 12.4 Å². The number of rotatable bonds is 2. The molecule has 25 heavy (non-hydrogen) atoms. The lowest BCUT2D eigenvalue weighted by atomic mass is 10.1. The number of furan rings is 1. The van der Waals surface area contributed by atoms with Crippen molar-refractivity contribution in [2.45, 2.75) is 19.4 Å². The number of benzene rings is 1. The Labute approximate surface area is 162 Å². The molecule has 1 unspecified atom stereocenters. The molecule has 0 spiro atoms. The molecule has 2 aliphatic heterocycles. The predicted octanol–water partition coefficient (Wildman–Crippen LogP) is 3.05. The highest BCUT2D eigenvalue weighted by molar-refractivity contribution is 9.10. The first kappa shape index (κ1) is 18.7. The maximum Gasteiger partial charge on any atom is 0.289 e. The van der Waals surface area contributed by atoms with Crippen LogP contribution in [0.5, 0.6) is 0 Å². The Morgan fingerprint density at radius 3 is 2.80 bits per heavy atom. The van der Waals surface area contributed by atoms with Crippen LogP contribution in [0.4, 0.5) is 0 Å². The summed E-state index contributed by atoms with van der Waals surface area (Å²) < 4.78 is 6.87. The van der Waals surface area contributed by atoms with Crippen LogP contribution in [-0.2, 0) is 0 Å². The summed E-state index contributed by atoms with van der Waals surface area (Å²) in [5.41, 5.74) is 1.71. The second-order valence-electron chi connectivity index (χ2n) is 6.68. The van der Waals surface area contributed by atoms with E-state index in [0.717, 1.165) is 66.7 Å². The van der Waals surface area contributed by atoms with Crippen molar-refractivity contribution in [3.63, 3.8) is 0 Å². The minimum atomic E-state index is 0. The Kier molecular flexibility index (Phi) is 5.73. The number of piperazine rings is 1. The van der Waals surface area contributed by atoms with Gasteiger partial charge in [0, 0.05) is 60.7 Å². The molecule has 1 atom stereocenters. The smallest absolute Gasteiger partial charge is 0.289 e. The van der Waals surface area contributed by atoms with E-state index in [1.54, 1.807) is 0 Å². The van der Waals surface area contributed by atoms with Gasteiger partial charge in [0.1, 0.15) is 5.58 Å². The van der Waals surface area contributed by atoms with Crippen molar-refractivity contribution >= 4 is 45.2 Å². The molecule has 1 amide bonds. The largest absolute Gasteiger partial charge is 0.451 e. The SMILES string of the molecule is Cc1c(C(=O)N2CCC(N3CCNCC3)C2)oc2ccc(Br)cc12.Cl. The maximum atomic E-state index is 12.9. The van der Waals surface area contributed by atoms with Crippen molar-refractivity contribution in [3.05, 3.63) is 34.0 Å². The number of hydrogen-bond donors (Lipinski definition) is 1. The lowest BCUT2D eigenvalue weighted by Gasteiger charge is -2.32. The molecule has 3 heterocycles. The molecular weight excluding hydrogens is 406 g/mol. The third-order valence-electron chi connectivity index (χ3n) is 5.21. The normalized spacial score (nSPS) is 21.5. The Bertz CT molecular complexity index is 773. The van der Waals surface area contributed by atoms with Gasteiger partial charge in [-0.1, -0.05) is 15.9 Å². The van der Waals surface area contributed by atoms with E-state index in [-0.39, 0.29) is 18.3 Å². The Morgan fingerprint density at radius 1 is 1.28 bits per heavy atom. The molecule has 1 aromatic carbocycles. The van der Waals surface area contributed by atoms with Gasteiger partial charge in [0.05, 0.1) is 0 Å². The number of carbonyl (C=O) groups excluding carboxylic acids is 1. The summed E-state index contributed by atoms with van der Waals surface area (Å²) in [6, 6.07) is 6.35. The number of likely N-dealkylation sites (tertiary alicyclic amines) is 1. The number of amides is 1. The minimum Gasteiger partial charge on any atom is -0.451 e. The van der Waals surface area contributed by atoms with Gasteiger partial charge in [0.25, 0.3) is 5.91 Å². The van der Waals surface area contributed by atoms with Crippen molar-refractivity contribution in [2.75, 3.05) is 39.3 Å². The minimum absolute atomic E-state index is 0. The van der Waals surface area contributed by atoms with Crippen molar-refractivity contribution in [3.8, 4) is 0 Å². The lowest BCUT2D eigenvalue weighted by Crippen LogP contribution is -2.49. The fourth-order valence-electron chi connectivity index (χ4n) is 3.81. The first-order chi connectivity index (χ1) is 11.6. The molecule has 136 valence electrons. The van der Waals surface area contributed by atoms with Gasteiger partial charge in [-0.2, -0.15) is 0 Å². The van der Waals surface area contributed by atoms with Crippen LogP contribution in [-0.4, -0.2) is 61.0 Å². The molecule has 5 nitrogen and oxygen atoms in total. The number of halogens is 2. The van der Waals surface area contributed by atoms with E-state index < -0.39 is 0 Å². The molecular formula is C18H23BrClN3O2. The third-order valence-corrected chi connectivity index (χ3v) is 5.70. The van der Waals surface area contributed by atoms with E-state index in [1.165, 1.54) is 0 Å². The Morgan fingerprint density at radius 2 is 2.04 bits per heavy atom. The monoisotopic (exact) mass is 427 g/mol. The predicted molar refractivity (Wildman–Crippen MR) is 105 cm³/mol. The van der Waals surface area contributed by atoms with Crippen molar-refractivity contribution in [1.82, 2.24) is 15.1 Å². The lowest BCUT2D eigenvalue weighted by molar-refractivity contribution is 0.0743. The van der Waals surface area contributed by atoms with Crippen molar-refractivity contribution in [1.29, 1.82) is 0 Å². The number of hydrogen-bond acceptors (Lipinski definition) is 4. The topological polar surface area (TPSA) is 48.7 Å². The average molecular weight is 429 g/mol. The highest BCUT2D eigenvalue weighted by Gasteiger charge is 2.33. The third kappa shape index (κ3) is 3.58. The van der Waals surface area contributed by atoms with E-state index >= 15 is 0 Å². The zero-order valence-corrected chi connectivity index (χ0v) is 16.7. The molecule has 1 N–H and O–H groups in total. The summed E-state index contributed by atoms with van der Waals surface area (Å²) in [5, 5.41) is 4.39. The molecule has 0 saturated carbocycles. The summed E-state index contributed by atoms with van der Waals surface area (Å²) in [6.45, 7) is 7.82. The van der Waals surface area contributed by atoms with Crippen LogP contribution in [0.2, 0.25) is 0 Å². The Balaban J connectivity index is 0.00000182. The molecule has 4 rings (SSSR count). The van der Waals surface area contributed by atoms with Crippen LogP contribution in [0.1, 0.15) is 22.5 Å². The molecule has 7 heteroatoms. The quantitative estimate of drug-likeness (QED) is 0.799. The van der Waals surface area contributed by atoms with Gasteiger partial charge in [-0.05, 0) is 31.5 Å². The summed E-state index contributed by atoms with van der Waals surface area (Å²) in [4.78, 5) is 17.4. The van der Waals surface area contributed by atoms with Crippen LogP contribution >= 0.6 is 28.3 Å². The van der Waals surface area contributed by atoms with Crippen LogP contribution in [0.3, 0.4) is 0 Å². The highest BCUT2D eigenvalue weighted by Crippen LogP contribution is 2.30. The maximum absolute atomic E-state index is 12.9. The number of nitrogens with one attached hydrogen (secondary N) is 1. The number of carbonyl (C=O) groups is 1. The number of aryl methyl sites for hydroxylation is 1. The van der Waals surface area contributed by atoms with E-state index in [4.69, 9.17) is 4.42 Å². The van der Waals surface area contributed by atoms with Gasteiger partial charge in [-0.3, -0.25) is 9.69 Å². The fourth-order valence-corrected chi connectivity index (χ4v) is 4.17. The fraction of sp³-hybridized carbons (Fsp3) is 0.500. The molecule has 0 radical (unpaired) electrons. The van der Waals surface area contributed by atoms with E-state index in [1.807, 2.05) is 30.0 Å². The van der Waals surface area contributed by atoms with Gasteiger partial charge in [0.2, 0.25) is 0 Å². The molecule has 0 bridgehead atoms. The van der Waals surface area contributed by atoms with Gasteiger partial charge < -0.3 is 14.6 Å². The number of nitrogens with zero attached hydrogens (tertiary/aromatic N) is 2. The average Bonchev–Trinajstić information content (AvgIpc) is 3.21. The highest BCUT2D eigenvalue weighted by atomic mass is 79.9. The van der Waals surface area contributed by atoms with Gasteiger partial charge >= 0.3 is 0 Å². The van der Waals surface area contributed by atoms with E-state index in [0.29, 0.717) is 11.8 Å². The van der Waals surface area contributed by atoms with Crippen LogP contribution < -0.4 is 5.32 Å². The summed E-state index contributed by atoms with van der Waals surface area (Å²) >= 11 is 3.48. The van der Waals surface area contributed by atoms with Crippen LogP contribution in [0.15, 0.2) is 27.1 Å². The van der Waals surface area contributed by atoms with E-state index in [2.05, 4.69) is 26.1 Å². The zero-order valence-electron chi connectivity index (χ0n) is 14.3. The zero-order chi connectivity index (χ0) is 16.7. The second kappa shape index (κ2) is 7.66. The Hall–Kier alpha value is -1.08. The first-order valence-corrected chi connectivity index (χ1v) is 9.35. The van der Waals surface area contributed by atoms with Gasteiger partial charge in [0.15, 0.2) is 5.76 Å². The molecule has 2 aromatic rings. The number of fused-ring (bicyclic) bond motifs is 1. The van der Waals surface area contributed by atoms with Crippen LogP contribution in [0.25, 0.3) is 11.0 Å². The van der Waals surface area contributed by atoms with Crippen LogP contribution in [0, 0.1) is 6.92 Å². The van der Waals surface area contributed by atoms with Crippen molar-refractivity contribution < 1.29 is 9.21 Å². The molecule has 1 aromatic heterocycles. The molecule has 0 aliphatic carbocycles. The van der Waals surface area contributed by atoms with Gasteiger partial charge in [-0.25, -0.2) is 0 Å².